The van der Waals surface area contributed by atoms with Gasteiger partial charge >= 0.3 is 0 Å². The molecular formula is C18H23BrFN3O3. The number of piperazine rings is 1. The lowest BCUT2D eigenvalue weighted by atomic mass is 10.2. The van der Waals surface area contributed by atoms with E-state index in [9.17, 15) is 14.0 Å². The van der Waals surface area contributed by atoms with Crippen LogP contribution in [-0.4, -0.2) is 74.6 Å². The number of benzene rings is 1. The van der Waals surface area contributed by atoms with Crippen molar-refractivity contribution < 1.29 is 18.7 Å². The molecule has 1 heterocycles. The number of halogens is 2. The van der Waals surface area contributed by atoms with Crippen LogP contribution < -0.4 is 5.32 Å². The Morgan fingerprint density at radius 2 is 2.04 bits per heavy atom. The molecular weight excluding hydrogens is 405 g/mol. The third-order valence-electron chi connectivity index (χ3n) is 4.04. The van der Waals surface area contributed by atoms with E-state index >= 15 is 0 Å². The number of rotatable bonds is 7. The second-order valence-electron chi connectivity index (χ2n) is 5.94. The second kappa shape index (κ2) is 10.4. The average molecular weight is 428 g/mol. The molecule has 0 aromatic heterocycles. The number of nitrogens with zero attached hydrogens (tertiary/aromatic N) is 2. The maximum absolute atomic E-state index is 13.7. The Kier molecular flexibility index (Phi) is 8.21. The van der Waals surface area contributed by atoms with Gasteiger partial charge in [-0.05, 0) is 24.3 Å². The molecule has 1 aromatic carbocycles. The molecule has 142 valence electrons. The lowest BCUT2D eigenvalue weighted by Crippen LogP contribution is -2.51. The highest BCUT2D eigenvalue weighted by molar-refractivity contribution is 9.10. The minimum Gasteiger partial charge on any atom is -0.383 e. The molecule has 8 heteroatoms. The van der Waals surface area contributed by atoms with Gasteiger partial charge in [-0.15, -0.1) is 0 Å². The normalized spacial score (nSPS) is 15.4. The number of nitrogens with one attached hydrogen (secondary N) is 1. The van der Waals surface area contributed by atoms with E-state index in [-0.39, 0.29) is 17.6 Å². The van der Waals surface area contributed by atoms with Crippen LogP contribution in [0.2, 0.25) is 0 Å². The first kappa shape index (κ1) is 20.5. The third kappa shape index (κ3) is 6.51. The molecule has 1 saturated heterocycles. The molecule has 1 aliphatic rings. The number of carbonyl (C=O) groups is 2. The summed E-state index contributed by atoms with van der Waals surface area (Å²) in [6.07, 6.45) is 2.87. The minimum atomic E-state index is -0.374. The zero-order valence-electron chi connectivity index (χ0n) is 14.7. The molecule has 1 aromatic rings. The molecule has 0 unspecified atom stereocenters. The SMILES string of the molecule is COCCNC(=O)CN1CCN(C(=O)/C=C/c2cc(Br)ccc2F)CC1. The van der Waals surface area contributed by atoms with Crippen molar-refractivity contribution in [3.05, 3.63) is 40.1 Å². The number of methoxy groups -OCH3 is 1. The predicted molar refractivity (Wildman–Crippen MR) is 101 cm³/mol. The minimum absolute atomic E-state index is 0.0492. The molecule has 0 saturated carbocycles. The lowest BCUT2D eigenvalue weighted by Gasteiger charge is -2.33. The van der Waals surface area contributed by atoms with Gasteiger partial charge in [0, 0.05) is 55.9 Å². The summed E-state index contributed by atoms with van der Waals surface area (Å²) in [4.78, 5) is 27.7. The Morgan fingerprint density at radius 1 is 1.31 bits per heavy atom. The highest BCUT2D eigenvalue weighted by Crippen LogP contribution is 2.17. The van der Waals surface area contributed by atoms with Crippen LogP contribution in [0.15, 0.2) is 28.7 Å². The zero-order chi connectivity index (χ0) is 18.9. The van der Waals surface area contributed by atoms with E-state index in [1.807, 2.05) is 4.90 Å². The predicted octanol–water partition coefficient (Wildman–Crippen LogP) is 1.51. The van der Waals surface area contributed by atoms with Crippen molar-refractivity contribution in [3.63, 3.8) is 0 Å². The summed E-state index contributed by atoms with van der Waals surface area (Å²) in [7, 11) is 1.59. The Balaban J connectivity index is 1.78. The molecule has 1 aliphatic heterocycles. The number of carbonyl (C=O) groups excluding carboxylic acids is 2. The summed E-state index contributed by atoms with van der Waals surface area (Å²) in [5, 5.41) is 2.78. The van der Waals surface area contributed by atoms with Crippen molar-refractivity contribution in [3.8, 4) is 0 Å². The first-order valence-corrected chi connectivity index (χ1v) is 9.19. The Hall–Kier alpha value is -1.77. The molecule has 0 radical (unpaired) electrons. The van der Waals surface area contributed by atoms with Gasteiger partial charge in [-0.2, -0.15) is 0 Å². The Labute approximate surface area is 161 Å². The van der Waals surface area contributed by atoms with Gasteiger partial charge in [-0.1, -0.05) is 15.9 Å². The summed E-state index contributed by atoms with van der Waals surface area (Å²) >= 11 is 3.28. The highest BCUT2D eigenvalue weighted by Gasteiger charge is 2.21. The molecule has 0 spiro atoms. The largest absolute Gasteiger partial charge is 0.383 e. The molecule has 6 nitrogen and oxygen atoms in total. The molecule has 2 amide bonds. The van der Waals surface area contributed by atoms with Gasteiger partial charge < -0.3 is 15.0 Å². The Morgan fingerprint density at radius 3 is 2.73 bits per heavy atom. The van der Waals surface area contributed by atoms with Crippen LogP contribution >= 0.6 is 15.9 Å². The molecule has 1 fully saturated rings. The summed E-state index contributed by atoms with van der Waals surface area (Å²) in [6, 6.07) is 4.59. The molecule has 2 rings (SSSR count). The topological polar surface area (TPSA) is 61.9 Å². The summed E-state index contributed by atoms with van der Waals surface area (Å²) in [5.74, 6) is -0.582. The van der Waals surface area contributed by atoms with Gasteiger partial charge in [0.05, 0.1) is 13.2 Å². The fourth-order valence-corrected chi connectivity index (χ4v) is 2.97. The third-order valence-corrected chi connectivity index (χ3v) is 4.54. The fourth-order valence-electron chi connectivity index (χ4n) is 2.59. The van der Waals surface area contributed by atoms with Crippen molar-refractivity contribution in [2.24, 2.45) is 0 Å². The van der Waals surface area contributed by atoms with Crippen LogP contribution in [0.5, 0.6) is 0 Å². The van der Waals surface area contributed by atoms with Gasteiger partial charge in [0.25, 0.3) is 0 Å². The van der Waals surface area contributed by atoms with Crippen molar-refractivity contribution in [1.82, 2.24) is 15.1 Å². The van der Waals surface area contributed by atoms with Gasteiger partial charge in [0.1, 0.15) is 5.82 Å². The van der Waals surface area contributed by atoms with Crippen LogP contribution in [0.1, 0.15) is 5.56 Å². The van der Waals surface area contributed by atoms with E-state index in [1.54, 1.807) is 24.1 Å². The van der Waals surface area contributed by atoms with E-state index < -0.39 is 0 Å². The van der Waals surface area contributed by atoms with Gasteiger partial charge in [-0.25, -0.2) is 4.39 Å². The van der Waals surface area contributed by atoms with Crippen LogP contribution in [0, 0.1) is 5.82 Å². The number of hydrogen-bond donors (Lipinski definition) is 1. The smallest absolute Gasteiger partial charge is 0.246 e. The van der Waals surface area contributed by atoms with E-state index in [2.05, 4.69) is 21.2 Å². The number of hydrogen-bond acceptors (Lipinski definition) is 4. The first-order chi connectivity index (χ1) is 12.5. The number of amides is 2. The van der Waals surface area contributed by atoms with E-state index in [1.165, 1.54) is 18.2 Å². The summed E-state index contributed by atoms with van der Waals surface area (Å²) in [5.41, 5.74) is 0.360. The lowest BCUT2D eigenvalue weighted by molar-refractivity contribution is -0.128. The zero-order valence-corrected chi connectivity index (χ0v) is 16.3. The van der Waals surface area contributed by atoms with E-state index in [0.29, 0.717) is 51.4 Å². The highest BCUT2D eigenvalue weighted by atomic mass is 79.9. The molecule has 0 atom stereocenters. The number of ether oxygens (including phenoxy) is 1. The monoisotopic (exact) mass is 427 g/mol. The molecule has 0 bridgehead atoms. The standard InChI is InChI=1S/C18H23BrFN3O3/c1-26-11-6-21-17(24)13-22-7-9-23(10-8-22)18(25)5-2-14-12-15(19)3-4-16(14)20/h2-5,12H,6-11,13H2,1H3,(H,21,24)/b5-2+. The molecule has 26 heavy (non-hydrogen) atoms. The van der Waals surface area contributed by atoms with Crippen LogP contribution in [0.3, 0.4) is 0 Å². The first-order valence-electron chi connectivity index (χ1n) is 8.39. The average Bonchev–Trinajstić information content (AvgIpc) is 2.63. The van der Waals surface area contributed by atoms with E-state index in [0.717, 1.165) is 4.47 Å². The van der Waals surface area contributed by atoms with Gasteiger partial charge in [0.2, 0.25) is 11.8 Å². The van der Waals surface area contributed by atoms with Gasteiger partial charge in [0.15, 0.2) is 0 Å². The van der Waals surface area contributed by atoms with Gasteiger partial charge in [-0.3, -0.25) is 14.5 Å². The Bertz CT molecular complexity index is 661. The second-order valence-corrected chi connectivity index (χ2v) is 6.86. The molecule has 1 N–H and O–H groups in total. The van der Waals surface area contributed by atoms with Crippen molar-refractivity contribution in [2.75, 3.05) is 53.0 Å². The quantitative estimate of drug-likeness (QED) is 0.529. The summed E-state index contributed by atoms with van der Waals surface area (Å²) < 4.78 is 19.3. The summed E-state index contributed by atoms with van der Waals surface area (Å²) in [6.45, 7) is 3.62. The maximum Gasteiger partial charge on any atom is 0.246 e. The fraction of sp³-hybridized carbons (Fsp3) is 0.444. The van der Waals surface area contributed by atoms with Crippen LogP contribution in [0.25, 0.3) is 6.08 Å². The van der Waals surface area contributed by atoms with Crippen molar-refractivity contribution in [1.29, 1.82) is 0 Å². The van der Waals surface area contributed by atoms with Crippen molar-refractivity contribution >= 4 is 33.8 Å². The van der Waals surface area contributed by atoms with Crippen molar-refractivity contribution in [2.45, 2.75) is 0 Å². The van der Waals surface area contributed by atoms with E-state index in [4.69, 9.17) is 4.74 Å². The maximum atomic E-state index is 13.7. The molecule has 0 aliphatic carbocycles. The van der Waals surface area contributed by atoms with Crippen LogP contribution in [0.4, 0.5) is 4.39 Å². The van der Waals surface area contributed by atoms with Crippen LogP contribution in [-0.2, 0) is 14.3 Å².